The predicted molar refractivity (Wildman–Crippen MR) is 58.8 cm³/mol. The Kier molecular flexibility index (Phi) is 3.66. The second kappa shape index (κ2) is 5.21. The van der Waals surface area contributed by atoms with Gasteiger partial charge in [-0.25, -0.2) is 0 Å². The zero-order chi connectivity index (χ0) is 13.1. The van der Waals surface area contributed by atoms with Crippen LogP contribution in [0.5, 0.6) is 0 Å². The van der Waals surface area contributed by atoms with Crippen molar-refractivity contribution in [2.24, 2.45) is 0 Å². The van der Waals surface area contributed by atoms with E-state index in [1.54, 1.807) is 0 Å². The van der Waals surface area contributed by atoms with Crippen LogP contribution in [0, 0.1) is 10.1 Å². The average molecular weight is 253 g/mol. The SMILES string of the molecule is O=C1COCO[C@H]1[C@@H](O)c1ccc([N+](=O)[O-])cc1. The lowest BCUT2D eigenvalue weighted by Crippen LogP contribution is -2.39. The van der Waals surface area contributed by atoms with E-state index in [0.29, 0.717) is 5.56 Å². The molecule has 18 heavy (non-hydrogen) atoms. The fourth-order valence-corrected chi connectivity index (χ4v) is 1.67. The normalized spacial score (nSPS) is 21.6. The molecule has 7 nitrogen and oxygen atoms in total. The van der Waals surface area contributed by atoms with Crippen LogP contribution in [0.25, 0.3) is 0 Å². The summed E-state index contributed by atoms with van der Waals surface area (Å²) in [7, 11) is 0. The van der Waals surface area contributed by atoms with Crippen molar-refractivity contribution in [2.45, 2.75) is 12.2 Å². The minimum atomic E-state index is -1.15. The van der Waals surface area contributed by atoms with Crippen LogP contribution in [0.3, 0.4) is 0 Å². The van der Waals surface area contributed by atoms with Crippen LogP contribution in [0.1, 0.15) is 11.7 Å². The lowest BCUT2D eigenvalue weighted by molar-refractivity contribution is -0.384. The molecule has 2 atom stereocenters. The molecule has 1 aliphatic rings. The number of carbonyl (C=O) groups is 1. The monoisotopic (exact) mass is 253 g/mol. The summed E-state index contributed by atoms with van der Waals surface area (Å²) in [6.45, 7) is -0.158. The van der Waals surface area contributed by atoms with Crippen LogP contribution in [0.15, 0.2) is 24.3 Å². The zero-order valence-electron chi connectivity index (χ0n) is 9.31. The van der Waals surface area contributed by atoms with Crippen molar-refractivity contribution in [1.82, 2.24) is 0 Å². The van der Waals surface area contributed by atoms with Gasteiger partial charge in [0.25, 0.3) is 5.69 Å². The molecule has 0 saturated carbocycles. The fraction of sp³-hybridized carbons (Fsp3) is 0.364. The van der Waals surface area contributed by atoms with E-state index >= 15 is 0 Å². The third-order valence-electron chi connectivity index (χ3n) is 2.62. The number of nitrogens with zero attached hydrogens (tertiary/aromatic N) is 1. The molecule has 0 radical (unpaired) electrons. The first-order valence-electron chi connectivity index (χ1n) is 5.24. The molecule has 1 heterocycles. The first-order chi connectivity index (χ1) is 8.59. The molecule has 1 saturated heterocycles. The lowest BCUT2D eigenvalue weighted by Gasteiger charge is -2.25. The molecule has 1 fully saturated rings. The largest absolute Gasteiger partial charge is 0.385 e. The van der Waals surface area contributed by atoms with Gasteiger partial charge in [-0.1, -0.05) is 0 Å². The number of rotatable bonds is 3. The zero-order valence-corrected chi connectivity index (χ0v) is 9.31. The van der Waals surface area contributed by atoms with Gasteiger partial charge in [0.15, 0.2) is 11.9 Å². The molecule has 0 unspecified atom stereocenters. The van der Waals surface area contributed by atoms with Crippen molar-refractivity contribution >= 4 is 11.5 Å². The number of benzene rings is 1. The number of aliphatic hydroxyl groups excluding tert-OH is 1. The number of non-ortho nitro benzene ring substituents is 1. The van der Waals surface area contributed by atoms with Crippen molar-refractivity contribution in [2.75, 3.05) is 13.4 Å². The number of Topliss-reactive ketones (excluding diaryl/α,β-unsaturated/α-hetero) is 1. The molecule has 1 aromatic rings. The van der Waals surface area contributed by atoms with Crippen molar-refractivity contribution in [1.29, 1.82) is 0 Å². The van der Waals surface area contributed by atoms with Crippen LogP contribution in [0.4, 0.5) is 5.69 Å². The smallest absolute Gasteiger partial charge is 0.269 e. The molecule has 0 bridgehead atoms. The molecule has 96 valence electrons. The third-order valence-corrected chi connectivity index (χ3v) is 2.62. The van der Waals surface area contributed by atoms with E-state index in [1.807, 2.05) is 0 Å². The number of ketones is 1. The Labute approximate surface area is 102 Å². The second-order valence-corrected chi connectivity index (χ2v) is 3.81. The van der Waals surface area contributed by atoms with E-state index in [1.165, 1.54) is 24.3 Å². The van der Waals surface area contributed by atoms with Gasteiger partial charge in [-0.15, -0.1) is 0 Å². The molecular formula is C11H11NO6. The van der Waals surface area contributed by atoms with Gasteiger partial charge in [0.1, 0.15) is 19.5 Å². The molecule has 1 aliphatic heterocycles. The summed E-state index contributed by atoms with van der Waals surface area (Å²) in [5, 5.41) is 20.5. The van der Waals surface area contributed by atoms with Crippen molar-refractivity contribution in [3.8, 4) is 0 Å². The standard InChI is InChI=1S/C11H11NO6/c13-9-5-17-6-18-11(9)10(14)7-1-3-8(4-2-7)12(15)16/h1-4,10-11,14H,5-6H2/t10-,11+/m0/s1. The number of hydrogen-bond acceptors (Lipinski definition) is 6. The number of ether oxygens (including phenoxy) is 2. The third kappa shape index (κ3) is 2.53. The van der Waals surface area contributed by atoms with Crippen molar-refractivity contribution in [3.05, 3.63) is 39.9 Å². The van der Waals surface area contributed by atoms with Crippen molar-refractivity contribution in [3.63, 3.8) is 0 Å². The van der Waals surface area contributed by atoms with E-state index in [-0.39, 0.29) is 24.9 Å². The summed E-state index contributed by atoms with van der Waals surface area (Å²) in [6.07, 6.45) is -2.14. The highest BCUT2D eigenvalue weighted by Crippen LogP contribution is 2.24. The number of nitro benzene ring substituents is 1. The van der Waals surface area contributed by atoms with Crippen LogP contribution >= 0.6 is 0 Å². The van der Waals surface area contributed by atoms with Gasteiger partial charge in [0, 0.05) is 12.1 Å². The number of hydrogen-bond donors (Lipinski definition) is 1. The van der Waals surface area contributed by atoms with Gasteiger partial charge >= 0.3 is 0 Å². The minimum Gasteiger partial charge on any atom is -0.385 e. The molecule has 0 spiro atoms. The fourth-order valence-electron chi connectivity index (χ4n) is 1.67. The molecule has 0 aliphatic carbocycles. The number of carbonyl (C=O) groups excluding carboxylic acids is 1. The highest BCUT2D eigenvalue weighted by Gasteiger charge is 2.31. The van der Waals surface area contributed by atoms with Gasteiger partial charge < -0.3 is 14.6 Å². The van der Waals surface area contributed by atoms with E-state index in [9.17, 15) is 20.0 Å². The predicted octanol–water partition coefficient (Wildman–Crippen LogP) is 0.570. The number of aliphatic hydroxyl groups is 1. The first kappa shape index (κ1) is 12.6. The van der Waals surface area contributed by atoms with Crippen LogP contribution in [-0.4, -0.2) is 35.3 Å². The molecular weight excluding hydrogens is 242 g/mol. The second-order valence-electron chi connectivity index (χ2n) is 3.81. The first-order valence-corrected chi connectivity index (χ1v) is 5.24. The number of nitro groups is 1. The van der Waals surface area contributed by atoms with Crippen molar-refractivity contribution < 1.29 is 24.3 Å². The Morgan fingerprint density at radius 2 is 2.06 bits per heavy atom. The Morgan fingerprint density at radius 1 is 1.39 bits per heavy atom. The Morgan fingerprint density at radius 3 is 2.61 bits per heavy atom. The maximum absolute atomic E-state index is 11.5. The summed E-state index contributed by atoms with van der Waals surface area (Å²) in [4.78, 5) is 21.4. The highest BCUT2D eigenvalue weighted by atomic mass is 16.7. The molecule has 7 heteroatoms. The highest BCUT2D eigenvalue weighted by molar-refractivity contribution is 5.85. The maximum Gasteiger partial charge on any atom is 0.269 e. The summed E-state index contributed by atoms with van der Waals surface area (Å²) < 4.78 is 9.80. The van der Waals surface area contributed by atoms with Crippen LogP contribution in [0.2, 0.25) is 0 Å². The topological polar surface area (TPSA) is 98.9 Å². The Hall–Kier alpha value is -1.83. The van der Waals surface area contributed by atoms with Gasteiger partial charge in [0.2, 0.25) is 0 Å². The van der Waals surface area contributed by atoms with Gasteiger partial charge in [-0.05, 0) is 17.7 Å². The van der Waals surface area contributed by atoms with Gasteiger partial charge in [0.05, 0.1) is 4.92 Å². The summed E-state index contributed by atoms with van der Waals surface area (Å²) in [5.74, 6) is -0.355. The van der Waals surface area contributed by atoms with Crippen LogP contribution in [-0.2, 0) is 14.3 Å². The van der Waals surface area contributed by atoms with Crippen LogP contribution < -0.4 is 0 Å². The molecule has 1 N–H and O–H groups in total. The van der Waals surface area contributed by atoms with E-state index in [4.69, 9.17) is 9.47 Å². The van der Waals surface area contributed by atoms with Gasteiger partial charge in [-0.3, -0.25) is 14.9 Å². The minimum absolute atomic E-state index is 0.0551. The van der Waals surface area contributed by atoms with Gasteiger partial charge in [-0.2, -0.15) is 0 Å². The van der Waals surface area contributed by atoms with E-state index < -0.39 is 17.1 Å². The summed E-state index contributed by atoms with van der Waals surface area (Å²) in [6, 6.07) is 5.33. The summed E-state index contributed by atoms with van der Waals surface area (Å²) >= 11 is 0. The lowest BCUT2D eigenvalue weighted by atomic mass is 10.0. The quantitative estimate of drug-likeness (QED) is 0.624. The molecule has 2 rings (SSSR count). The van der Waals surface area contributed by atoms with E-state index in [2.05, 4.69) is 0 Å². The maximum atomic E-state index is 11.5. The average Bonchev–Trinajstić information content (AvgIpc) is 2.38. The Bertz CT molecular complexity index is 457. The Balaban J connectivity index is 2.15. The molecule has 1 aromatic carbocycles. The van der Waals surface area contributed by atoms with E-state index in [0.717, 1.165) is 0 Å². The molecule has 0 amide bonds. The molecule has 0 aromatic heterocycles. The summed E-state index contributed by atoms with van der Waals surface area (Å²) in [5.41, 5.74) is 0.311.